The minimum Gasteiger partial charge on any atom is -0.454 e. The molecule has 2 aliphatic carbocycles. The fraction of sp³-hybridized carbons (Fsp3) is 0.500. The van der Waals surface area contributed by atoms with E-state index in [0.717, 1.165) is 4.90 Å². The van der Waals surface area contributed by atoms with Crippen LogP contribution in [0.5, 0.6) is 0 Å². The zero-order chi connectivity index (χ0) is 22.6. The monoisotopic (exact) mass is 550 g/mol. The highest BCUT2D eigenvalue weighted by Gasteiger charge is 2.66. The molecule has 1 N–H and O–H groups in total. The minimum atomic E-state index is -0.848. The number of amides is 3. The highest BCUT2D eigenvalue weighted by Crippen LogP contribution is 2.59. The lowest BCUT2D eigenvalue weighted by Gasteiger charge is -2.28. The number of anilines is 1. The molecule has 3 amide bonds. The summed E-state index contributed by atoms with van der Waals surface area (Å²) in [4.78, 5) is 50.8. The van der Waals surface area contributed by atoms with Crippen LogP contribution in [0.15, 0.2) is 16.6 Å². The predicted molar refractivity (Wildman–Crippen MR) is 118 cm³/mol. The number of rotatable bonds is 5. The maximum atomic E-state index is 12.8. The molecule has 3 fully saturated rings. The molecule has 166 valence electrons. The van der Waals surface area contributed by atoms with E-state index in [1.807, 2.05) is 0 Å². The van der Waals surface area contributed by atoms with E-state index in [4.69, 9.17) is 39.5 Å². The van der Waals surface area contributed by atoms with Crippen molar-refractivity contribution in [2.45, 2.75) is 24.1 Å². The van der Waals surface area contributed by atoms with Crippen LogP contribution in [0.2, 0.25) is 5.02 Å². The van der Waals surface area contributed by atoms with E-state index >= 15 is 0 Å². The number of alkyl halides is 2. The largest absolute Gasteiger partial charge is 0.454 e. The summed E-state index contributed by atoms with van der Waals surface area (Å²) >= 11 is 22.0. The molecule has 1 heterocycles. The number of esters is 1. The zero-order valence-electron chi connectivity index (χ0n) is 16.2. The maximum Gasteiger partial charge on any atom is 0.326 e. The van der Waals surface area contributed by atoms with Crippen LogP contribution in [0.25, 0.3) is 0 Å². The lowest BCUT2D eigenvalue weighted by Crippen LogP contribution is -2.38. The molecule has 3 aliphatic rings. The number of fused-ring (bicyclic) bond motifs is 5. The SMILES string of the molecule is Cc1c(NC(=O)COC(=O)CN2C(=O)[C@@H]3[C@H]4C[C@@H]([C@H](Cl)[C@@H]4Cl)[C@@H]3C2=O)ccc(Br)c1Cl. The third kappa shape index (κ3) is 3.86. The first-order valence-corrected chi connectivity index (χ1v) is 11.7. The number of halogens is 4. The Kier molecular flexibility index (Phi) is 6.29. The van der Waals surface area contributed by atoms with E-state index in [-0.39, 0.29) is 22.6 Å². The summed E-state index contributed by atoms with van der Waals surface area (Å²) in [5.41, 5.74) is 1.13. The molecule has 0 radical (unpaired) electrons. The van der Waals surface area contributed by atoms with Crippen LogP contribution in [0.3, 0.4) is 0 Å². The van der Waals surface area contributed by atoms with Crippen molar-refractivity contribution in [1.29, 1.82) is 0 Å². The maximum absolute atomic E-state index is 12.8. The van der Waals surface area contributed by atoms with Crippen molar-refractivity contribution in [3.05, 3.63) is 27.2 Å². The number of hydrogen-bond donors (Lipinski definition) is 1. The van der Waals surface area contributed by atoms with Gasteiger partial charge in [0.2, 0.25) is 11.8 Å². The van der Waals surface area contributed by atoms with Crippen LogP contribution in [0.1, 0.15) is 12.0 Å². The predicted octanol–water partition coefficient (Wildman–Crippen LogP) is 3.36. The molecule has 1 saturated heterocycles. The lowest BCUT2D eigenvalue weighted by atomic mass is 9.80. The van der Waals surface area contributed by atoms with Crippen LogP contribution in [-0.4, -0.2) is 52.5 Å². The molecule has 0 aromatic heterocycles. The number of hydrogen-bond acceptors (Lipinski definition) is 5. The van der Waals surface area contributed by atoms with E-state index in [1.165, 1.54) is 0 Å². The van der Waals surface area contributed by atoms with E-state index in [9.17, 15) is 19.2 Å². The van der Waals surface area contributed by atoms with E-state index in [2.05, 4.69) is 21.2 Å². The molecular formula is C20H18BrCl3N2O5. The van der Waals surface area contributed by atoms with Crippen molar-refractivity contribution in [2.75, 3.05) is 18.5 Å². The second-order valence-corrected chi connectivity index (χ2v) is 10.2. The van der Waals surface area contributed by atoms with Crippen LogP contribution < -0.4 is 5.32 Å². The molecule has 1 aromatic rings. The van der Waals surface area contributed by atoms with Gasteiger partial charge in [-0.15, -0.1) is 23.2 Å². The Morgan fingerprint density at radius 2 is 1.74 bits per heavy atom. The van der Waals surface area contributed by atoms with Gasteiger partial charge in [-0.1, -0.05) is 11.6 Å². The van der Waals surface area contributed by atoms with E-state index in [1.54, 1.807) is 19.1 Å². The molecule has 2 bridgehead atoms. The Morgan fingerprint density at radius 3 is 2.32 bits per heavy atom. The summed E-state index contributed by atoms with van der Waals surface area (Å²) in [5, 5.41) is 2.34. The Balaban J connectivity index is 1.33. The second kappa shape index (κ2) is 8.54. The normalized spacial score (nSPS) is 31.2. The van der Waals surface area contributed by atoms with Gasteiger partial charge in [-0.25, -0.2) is 0 Å². The molecule has 1 aromatic carbocycles. The molecular weight excluding hydrogens is 534 g/mol. The molecule has 7 nitrogen and oxygen atoms in total. The zero-order valence-corrected chi connectivity index (χ0v) is 20.1. The van der Waals surface area contributed by atoms with Crippen LogP contribution in [-0.2, 0) is 23.9 Å². The number of nitrogens with one attached hydrogen (secondary N) is 1. The smallest absolute Gasteiger partial charge is 0.326 e. The molecule has 0 spiro atoms. The molecule has 0 unspecified atom stereocenters. The van der Waals surface area contributed by atoms with Crippen molar-refractivity contribution in [3.63, 3.8) is 0 Å². The Bertz CT molecular complexity index is 958. The summed E-state index contributed by atoms with van der Waals surface area (Å²) in [6.07, 6.45) is 0.646. The van der Waals surface area contributed by atoms with Gasteiger partial charge < -0.3 is 10.1 Å². The number of likely N-dealkylation sites (tertiary alicyclic amines) is 1. The van der Waals surface area contributed by atoms with Gasteiger partial charge in [-0.3, -0.25) is 24.1 Å². The molecule has 6 atom stereocenters. The van der Waals surface area contributed by atoms with Gasteiger partial charge in [0.1, 0.15) is 6.54 Å². The van der Waals surface area contributed by atoms with Crippen LogP contribution in [0.4, 0.5) is 5.69 Å². The lowest BCUT2D eigenvalue weighted by molar-refractivity contribution is -0.154. The fourth-order valence-corrected chi connectivity index (χ4v) is 6.35. The van der Waals surface area contributed by atoms with Gasteiger partial charge in [0, 0.05) is 10.2 Å². The Morgan fingerprint density at radius 1 is 1.16 bits per heavy atom. The standard InChI is InChI=1S/C20H18BrCl3N2O5/c1-7-11(3-2-10(21)16(7)22)25-12(27)6-31-13(28)5-26-19(29)14-8-4-9(15(14)20(26)30)18(24)17(8)23/h2-3,8-9,14-15,17-18H,4-6H2,1H3,(H,25,27)/t8-,9-,14-,15+,17-,18+/m1/s1. The van der Waals surface area contributed by atoms with Gasteiger partial charge in [0.15, 0.2) is 6.61 Å². The topological polar surface area (TPSA) is 92.8 Å². The summed E-state index contributed by atoms with van der Waals surface area (Å²) in [6.45, 7) is 0.633. The highest BCUT2D eigenvalue weighted by molar-refractivity contribution is 9.10. The van der Waals surface area contributed by atoms with Crippen molar-refractivity contribution in [2.24, 2.45) is 23.7 Å². The third-order valence-electron chi connectivity index (χ3n) is 6.34. The van der Waals surface area contributed by atoms with Gasteiger partial charge in [-0.2, -0.15) is 0 Å². The van der Waals surface area contributed by atoms with Crippen molar-refractivity contribution >= 4 is 80.1 Å². The average Bonchev–Trinajstić information content (AvgIpc) is 3.33. The number of benzene rings is 1. The first-order valence-electron chi connectivity index (χ1n) is 9.65. The summed E-state index contributed by atoms with van der Waals surface area (Å²) in [6, 6.07) is 3.34. The van der Waals surface area contributed by atoms with Gasteiger partial charge in [0.05, 0.1) is 27.6 Å². The number of ether oxygens (including phenoxy) is 1. The number of carbonyl (C=O) groups is 4. The second-order valence-electron chi connectivity index (χ2n) is 8.01. The quantitative estimate of drug-likeness (QED) is 0.344. The fourth-order valence-electron chi connectivity index (χ4n) is 4.86. The summed E-state index contributed by atoms with van der Waals surface area (Å²) in [7, 11) is 0. The van der Waals surface area contributed by atoms with Crippen LogP contribution >= 0.6 is 50.7 Å². The van der Waals surface area contributed by atoms with Crippen LogP contribution in [0, 0.1) is 30.6 Å². The molecule has 2 saturated carbocycles. The molecule has 31 heavy (non-hydrogen) atoms. The highest BCUT2D eigenvalue weighted by atomic mass is 79.9. The Labute approximate surface area is 201 Å². The van der Waals surface area contributed by atoms with Gasteiger partial charge in [-0.05, 0) is 58.8 Å². The first-order chi connectivity index (χ1) is 14.6. The first kappa shape index (κ1) is 22.8. The van der Waals surface area contributed by atoms with E-state index < -0.39 is 48.7 Å². The van der Waals surface area contributed by atoms with Gasteiger partial charge >= 0.3 is 5.97 Å². The third-order valence-corrected chi connectivity index (χ3v) is 9.04. The summed E-state index contributed by atoms with van der Waals surface area (Å²) < 4.78 is 5.66. The number of imide groups is 1. The van der Waals surface area contributed by atoms with Crippen molar-refractivity contribution < 1.29 is 23.9 Å². The average molecular weight is 553 g/mol. The van der Waals surface area contributed by atoms with Gasteiger partial charge in [0.25, 0.3) is 5.91 Å². The van der Waals surface area contributed by atoms with Crippen molar-refractivity contribution in [1.82, 2.24) is 4.90 Å². The number of carbonyl (C=O) groups excluding carboxylic acids is 4. The Hall–Kier alpha value is -1.35. The van der Waals surface area contributed by atoms with Crippen molar-refractivity contribution in [3.8, 4) is 0 Å². The number of nitrogens with zero attached hydrogens (tertiary/aromatic N) is 1. The van der Waals surface area contributed by atoms with E-state index in [0.29, 0.717) is 27.2 Å². The molecule has 1 aliphatic heterocycles. The molecule has 4 rings (SSSR count). The molecule has 11 heteroatoms. The minimum absolute atomic E-state index is 0.164. The summed E-state index contributed by atoms with van der Waals surface area (Å²) in [5.74, 6) is -3.64.